The highest BCUT2D eigenvalue weighted by Gasteiger charge is 2.13. The molecule has 0 fully saturated rings. The van der Waals surface area contributed by atoms with Gasteiger partial charge >= 0.3 is 0 Å². The highest BCUT2D eigenvalue weighted by Crippen LogP contribution is 2.19. The third-order valence-corrected chi connectivity index (χ3v) is 4.00. The van der Waals surface area contributed by atoms with Crippen LogP contribution in [0.25, 0.3) is 0 Å². The number of carbonyl (C=O) groups is 1. The maximum atomic E-state index is 12.2. The van der Waals surface area contributed by atoms with E-state index in [0.29, 0.717) is 5.02 Å². The second-order valence-corrected chi connectivity index (χ2v) is 6.25. The number of nitrogens with one attached hydrogen (secondary N) is 1. The Kier molecular flexibility index (Phi) is 5.80. The van der Waals surface area contributed by atoms with Crippen molar-refractivity contribution >= 4 is 33.4 Å². The number of hydrogen-bond acceptors (Lipinski definition) is 2. The first-order valence-corrected chi connectivity index (χ1v) is 8.07. The molecule has 116 valence electrons. The molecule has 0 aliphatic heterocycles. The van der Waals surface area contributed by atoms with Crippen LogP contribution in [0.15, 0.2) is 51.9 Å². The average molecular weight is 384 g/mol. The van der Waals surface area contributed by atoms with E-state index in [2.05, 4.69) is 21.2 Å². The van der Waals surface area contributed by atoms with Crippen LogP contribution in [0.4, 0.5) is 0 Å². The molecule has 1 aromatic heterocycles. The smallest absolute Gasteiger partial charge is 0.251 e. The molecule has 4 nitrogen and oxygen atoms in total. The van der Waals surface area contributed by atoms with Gasteiger partial charge in [0, 0.05) is 21.8 Å². The van der Waals surface area contributed by atoms with E-state index in [-0.39, 0.29) is 24.1 Å². The molecule has 1 N–H and O–H groups in total. The van der Waals surface area contributed by atoms with E-state index in [1.54, 1.807) is 24.4 Å². The van der Waals surface area contributed by atoms with E-state index in [1.807, 2.05) is 19.1 Å². The molecule has 1 unspecified atom stereocenters. The molecule has 22 heavy (non-hydrogen) atoms. The van der Waals surface area contributed by atoms with Gasteiger partial charge in [-0.15, -0.1) is 0 Å². The van der Waals surface area contributed by atoms with E-state index in [4.69, 9.17) is 11.6 Å². The molecule has 1 amide bonds. The van der Waals surface area contributed by atoms with Crippen LogP contribution >= 0.6 is 27.5 Å². The molecule has 2 aromatic rings. The van der Waals surface area contributed by atoms with E-state index in [1.165, 1.54) is 10.6 Å². The predicted molar refractivity (Wildman–Crippen MR) is 91.0 cm³/mol. The van der Waals surface area contributed by atoms with Gasteiger partial charge < -0.3 is 9.88 Å². The fourth-order valence-corrected chi connectivity index (χ4v) is 2.64. The number of amides is 1. The zero-order valence-corrected chi connectivity index (χ0v) is 14.4. The first kappa shape index (κ1) is 16.8. The maximum absolute atomic E-state index is 12.2. The lowest BCUT2D eigenvalue weighted by molar-refractivity contribution is -0.122. The SMILES string of the molecule is CCC(NC(=O)Cn1cc(Br)ccc1=O)c1ccc(Cl)cc1. The topological polar surface area (TPSA) is 51.1 Å². The Hall–Kier alpha value is -1.59. The van der Waals surface area contributed by atoms with Gasteiger partial charge in [0.25, 0.3) is 5.56 Å². The molecule has 1 atom stereocenters. The van der Waals surface area contributed by atoms with Gasteiger partial charge in [0.1, 0.15) is 6.54 Å². The Morgan fingerprint density at radius 2 is 1.95 bits per heavy atom. The lowest BCUT2D eigenvalue weighted by atomic mass is 10.0. The molecule has 0 saturated carbocycles. The van der Waals surface area contributed by atoms with Crippen LogP contribution in [0, 0.1) is 0 Å². The summed E-state index contributed by atoms with van der Waals surface area (Å²) in [4.78, 5) is 23.9. The normalized spacial score (nSPS) is 12.0. The second-order valence-electron chi connectivity index (χ2n) is 4.89. The van der Waals surface area contributed by atoms with Crippen molar-refractivity contribution in [1.29, 1.82) is 0 Å². The fourth-order valence-electron chi connectivity index (χ4n) is 2.14. The largest absolute Gasteiger partial charge is 0.348 e. The molecule has 0 radical (unpaired) electrons. The Bertz CT molecular complexity index is 713. The molecule has 0 saturated heterocycles. The van der Waals surface area contributed by atoms with Crippen LogP contribution in [0.5, 0.6) is 0 Å². The molecule has 0 spiro atoms. The Labute approximate surface area is 142 Å². The van der Waals surface area contributed by atoms with E-state index >= 15 is 0 Å². The Balaban J connectivity index is 2.08. The standard InChI is InChI=1S/C16H16BrClN2O2/c1-2-14(11-3-6-13(18)7-4-11)19-15(21)10-20-9-12(17)5-8-16(20)22/h3-9,14H,2,10H2,1H3,(H,19,21). The quantitative estimate of drug-likeness (QED) is 0.858. The van der Waals surface area contributed by atoms with Gasteiger partial charge in [-0.2, -0.15) is 0 Å². The lowest BCUT2D eigenvalue weighted by Crippen LogP contribution is -2.34. The van der Waals surface area contributed by atoms with Crippen LogP contribution in [-0.4, -0.2) is 10.5 Å². The lowest BCUT2D eigenvalue weighted by Gasteiger charge is -2.18. The van der Waals surface area contributed by atoms with Crippen molar-refractivity contribution in [2.75, 3.05) is 0 Å². The molecule has 2 rings (SSSR count). The van der Waals surface area contributed by atoms with Crippen LogP contribution < -0.4 is 10.9 Å². The minimum atomic E-state index is -0.210. The molecule has 1 aromatic carbocycles. The molecule has 0 aliphatic carbocycles. The Morgan fingerprint density at radius 1 is 1.27 bits per heavy atom. The number of rotatable bonds is 5. The van der Waals surface area contributed by atoms with Crippen molar-refractivity contribution in [1.82, 2.24) is 9.88 Å². The number of pyridine rings is 1. The second kappa shape index (κ2) is 7.61. The molecular weight excluding hydrogens is 368 g/mol. The summed E-state index contributed by atoms with van der Waals surface area (Å²) < 4.78 is 2.12. The number of benzene rings is 1. The van der Waals surface area contributed by atoms with Crippen LogP contribution in [0.3, 0.4) is 0 Å². The van der Waals surface area contributed by atoms with E-state index < -0.39 is 0 Å². The number of halogens is 2. The molecular formula is C16H16BrClN2O2. The molecule has 0 aliphatic rings. The summed E-state index contributed by atoms with van der Waals surface area (Å²) in [6.45, 7) is 1.98. The summed E-state index contributed by atoms with van der Waals surface area (Å²) in [7, 11) is 0. The van der Waals surface area contributed by atoms with Crippen LogP contribution in [-0.2, 0) is 11.3 Å². The van der Waals surface area contributed by atoms with Gasteiger partial charge in [-0.3, -0.25) is 9.59 Å². The molecule has 1 heterocycles. The number of aromatic nitrogens is 1. The van der Waals surface area contributed by atoms with Crippen molar-refractivity contribution in [2.24, 2.45) is 0 Å². The Morgan fingerprint density at radius 3 is 2.59 bits per heavy atom. The molecule has 6 heteroatoms. The number of nitrogens with zero attached hydrogens (tertiary/aromatic N) is 1. The summed E-state index contributed by atoms with van der Waals surface area (Å²) in [5.41, 5.74) is 0.778. The first-order chi connectivity index (χ1) is 10.5. The van der Waals surface area contributed by atoms with Crippen molar-refractivity contribution in [3.8, 4) is 0 Å². The number of hydrogen-bond donors (Lipinski definition) is 1. The van der Waals surface area contributed by atoms with E-state index in [0.717, 1.165) is 16.5 Å². The molecule has 0 bridgehead atoms. The predicted octanol–water partition coefficient (Wildman–Crippen LogP) is 3.53. The highest BCUT2D eigenvalue weighted by atomic mass is 79.9. The van der Waals surface area contributed by atoms with Gasteiger partial charge in [0.05, 0.1) is 6.04 Å². The van der Waals surface area contributed by atoms with Gasteiger partial charge in [0.2, 0.25) is 5.91 Å². The number of carbonyl (C=O) groups excluding carboxylic acids is 1. The summed E-state index contributed by atoms with van der Waals surface area (Å²) in [5, 5.41) is 3.60. The zero-order valence-electron chi connectivity index (χ0n) is 12.1. The minimum absolute atomic E-state index is 0.0115. The van der Waals surface area contributed by atoms with Crippen molar-refractivity contribution in [2.45, 2.75) is 25.9 Å². The summed E-state index contributed by atoms with van der Waals surface area (Å²) in [6, 6.07) is 10.3. The minimum Gasteiger partial charge on any atom is -0.348 e. The third kappa shape index (κ3) is 4.45. The summed E-state index contributed by atoms with van der Waals surface area (Å²) >= 11 is 9.17. The van der Waals surface area contributed by atoms with Crippen molar-refractivity contribution in [3.05, 3.63) is 68.0 Å². The van der Waals surface area contributed by atoms with Gasteiger partial charge in [-0.25, -0.2) is 0 Å². The summed E-state index contributed by atoms with van der Waals surface area (Å²) in [6.07, 6.45) is 2.35. The van der Waals surface area contributed by atoms with Crippen LogP contribution in [0.2, 0.25) is 5.02 Å². The van der Waals surface area contributed by atoms with Crippen LogP contribution in [0.1, 0.15) is 24.9 Å². The van der Waals surface area contributed by atoms with E-state index in [9.17, 15) is 9.59 Å². The zero-order chi connectivity index (χ0) is 16.1. The maximum Gasteiger partial charge on any atom is 0.251 e. The van der Waals surface area contributed by atoms with Crippen molar-refractivity contribution < 1.29 is 4.79 Å². The average Bonchev–Trinajstić information content (AvgIpc) is 2.49. The van der Waals surface area contributed by atoms with Gasteiger partial charge in [-0.1, -0.05) is 30.7 Å². The fraction of sp³-hybridized carbons (Fsp3) is 0.250. The van der Waals surface area contributed by atoms with Gasteiger partial charge in [-0.05, 0) is 46.1 Å². The summed E-state index contributed by atoms with van der Waals surface area (Å²) in [5.74, 6) is -0.206. The van der Waals surface area contributed by atoms with Crippen molar-refractivity contribution in [3.63, 3.8) is 0 Å². The van der Waals surface area contributed by atoms with Gasteiger partial charge in [0.15, 0.2) is 0 Å². The monoisotopic (exact) mass is 382 g/mol. The first-order valence-electron chi connectivity index (χ1n) is 6.90. The highest BCUT2D eigenvalue weighted by molar-refractivity contribution is 9.10. The third-order valence-electron chi connectivity index (χ3n) is 3.28.